The monoisotopic (exact) mass is 267 g/mol. The number of aliphatic hydroxyl groups excluding tert-OH is 1. The summed E-state index contributed by atoms with van der Waals surface area (Å²) in [5.41, 5.74) is 1.04. The van der Waals surface area contributed by atoms with Crippen LogP contribution in [-0.4, -0.2) is 42.3 Å². The lowest BCUT2D eigenvalue weighted by atomic mass is 10.1. The molecule has 0 amide bonds. The van der Waals surface area contributed by atoms with Crippen molar-refractivity contribution in [2.24, 2.45) is 0 Å². The van der Waals surface area contributed by atoms with Gasteiger partial charge in [-0.1, -0.05) is 6.92 Å². The number of carbonyl (C=O) groups excluding carboxylic acids is 1. The van der Waals surface area contributed by atoms with Gasteiger partial charge in [-0.2, -0.15) is 0 Å². The molecule has 2 rings (SSSR count). The topological polar surface area (TPSA) is 62.9 Å². The highest BCUT2D eigenvalue weighted by molar-refractivity contribution is 5.86. The predicted octanol–water partition coefficient (Wildman–Crippen LogP) is 1.59. The molecule has 1 aliphatic rings. The summed E-state index contributed by atoms with van der Waals surface area (Å²) in [6, 6.07) is 1.77. The molecule has 0 atom stereocenters. The smallest absolute Gasteiger partial charge is 0.373 e. The minimum Gasteiger partial charge on any atom is -0.463 e. The molecule has 2 heterocycles. The number of rotatable bonds is 4. The molecule has 19 heavy (non-hydrogen) atoms. The van der Waals surface area contributed by atoms with E-state index in [2.05, 4.69) is 9.64 Å². The maximum Gasteiger partial charge on any atom is 0.373 e. The van der Waals surface area contributed by atoms with Gasteiger partial charge in [0, 0.05) is 31.6 Å². The number of furan rings is 1. The summed E-state index contributed by atoms with van der Waals surface area (Å²) in [4.78, 5) is 13.7. The first kappa shape index (κ1) is 14.1. The summed E-state index contributed by atoms with van der Waals surface area (Å²) >= 11 is 0. The summed E-state index contributed by atoms with van der Waals surface area (Å²) in [5, 5.41) is 9.50. The molecule has 5 heteroatoms. The molecule has 0 spiro atoms. The lowest BCUT2D eigenvalue weighted by Gasteiger charge is -2.29. The maximum absolute atomic E-state index is 11.5. The van der Waals surface area contributed by atoms with E-state index in [0.717, 1.165) is 50.2 Å². The van der Waals surface area contributed by atoms with Gasteiger partial charge in [0.25, 0.3) is 0 Å². The summed E-state index contributed by atoms with van der Waals surface area (Å²) in [6.07, 6.45) is 2.20. The highest BCUT2D eigenvalue weighted by Crippen LogP contribution is 2.21. The summed E-state index contributed by atoms with van der Waals surface area (Å²) in [7, 11) is 1.35. The molecule has 1 aromatic heterocycles. The van der Waals surface area contributed by atoms with Crippen molar-refractivity contribution < 1.29 is 19.1 Å². The molecular weight excluding hydrogens is 246 g/mol. The Hall–Kier alpha value is -1.33. The molecule has 5 nitrogen and oxygen atoms in total. The summed E-state index contributed by atoms with van der Waals surface area (Å²) in [6.45, 7) is 4.52. The number of likely N-dealkylation sites (tertiary alicyclic amines) is 1. The largest absolute Gasteiger partial charge is 0.463 e. The van der Waals surface area contributed by atoms with E-state index in [4.69, 9.17) is 4.42 Å². The van der Waals surface area contributed by atoms with Gasteiger partial charge < -0.3 is 14.3 Å². The molecule has 1 aliphatic heterocycles. The Bertz CT molecular complexity index is 433. The van der Waals surface area contributed by atoms with Gasteiger partial charge in [-0.05, 0) is 18.9 Å². The molecule has 106 valence electrons. The minimum atomic E-state index is -0.435. The normalized spacial score (nSPS) is 17.6. The Morgan fingerprint density at radius 2 is 2.21 bits per heavy atom. The van der Waals surface area contributed by atoms with Gasteiger partial charge in [-0.3, -0.25) is 4.90 Å². The lowest BCUT2D eigenvalue weighted by Crippen LogP contribution is -2.35. The molecule has 0 unspecified atom stereocenters. The number of ether oxygens (including phenoxy) is 1. The van der Waals surface area contributed by atoms with Crippen LogP contribution in [0.15, 0.2) is 10.5 Å². The minimum absolute atomic E-state index is 0.170. The summed E-state index contributed by atoms with van der Waals surface area (Å²) < 4.78 is 10.2. The van der Waals surface area contributed by atoms with Crippen LogP contribution in [-0.2, 0) is 17.7 Å². The lowest BCUT2D eigenvalue weighted by molar-refractivity contribution is 0.0563. The molecule has 0 aliphatic carbocycles. The highest BCUT2D eigenvalue weighted by Gasteiger charge is 2.21. The Morgan fingerprint density at radius 3 is 2.79 bits per heavy atom. The fraction of sp³-hybridized carbons (Fsp3) is 0.643. The quantitative estimate of drug-likeness (QED) is 0.839. The van der Waals surface area contributed by atoms with Crippen molar-refractivity contribution >= 4 is 5.97 Å². The molecule has 1 fully saturated rings. The van der Waals surface area contributed by atoms with Crippen molar-refractivity contribution in [2.75, 3.05) is 20.2 Å². The summed E-state index contributed by atoms with van der Waals surface area (Å²) in [5.74, 6) is 0.674. The van der Waals surface area contributed by atoms with Gasteiger partial charge in [0.1, 0.15) is 5.76 Å². The number of esters is 1. The zero-order chi connectivity index (χ0) is 13.8. The third kappa shape index (κ3) is 3.36. The predicted molar refractivity (Wildman–Crippen MR) is 69.9 cm³/mol. The standard InChI is InChI=1S/C14H21NO4/c1-3-12-10(8-13(19-12)14(17)18-2)9-15-6-4-11(16)5-7-15/h8,11,16H,3-7,9H2,1-2H3. The third-order valence-corrected chi connectivity index (χ3v) is 3.56. The second kappa shape index (κ2) is 6.21. The SMILES string of the molecule is CCc1oc(C(=O)OC)cc1CN1CCC(O)CC1. The number of methoxy groups -OCH3 is 1. The van der Waals surface area contributed by atoms with Gasteiger partial charge in [0.2, 0.25) is 5.76 Å². The number of hydrogen-bond acceptors (Lipinski definition) is 5. The van der Waals surface area contributed by atoms with E-state index in [-0.39, 0.29) is 11.9 Å². The van der Waals surface area contributed by atoms with Gasteiger partial charge in [-0.25, -0.2) is 4.79 Å². The Morgan fingerprint density at radius 1 is 1.53 bits per heavy atom. The van der Waals surface area contributed by atoms with Gasteiger partial charge >= 0.3 is 5.97 Å². The third-order valence-electron chi connectivity index (χ3n) is 3.56. The molecule has 0 aromatic carbocycles. The van der Waals surface area contributed by atoms with Crippen LogP contribution in [0.2, 0.25) is 0 Å². The van der Waals surface area contributed by atoms with E-state index < -0.39 is 5.97 Å². The van der Waals surface area contributed by atoms with Crippen molar-refractivity contribution in [3.05, 3.63) is 23.2 Å². The van der Waals surface area contributed by atoms with E-state index in [0.29, 0.717) is 0 Å². The van der Waals surface area contributed by atoms with Gasteiger partial charge in [0.15, 0.2) is 0 Å². The molecule has 0 saturated carbocycles. The zero-order valence-electron chi connectivity index (χ0n) is 11.5. The molecule has 1 aromatic rings. The number of nitrogens with zero attached hydrogens (tertiary/aromatic N) is 1. The Labute approximate surface area is 113 Å². The fourth-order valence-electron chi connectivity index (χ4n) is 2.42. The van der Waals surface area contributed by atoms with Crippen molar-refractivity contribution in [2.45, 2.75) is 38.8 Å². The van der Waals surface area contributed by atoms with Crippen LogP contribution >= 0.6 is 0 Å². The van der Waals surface area contributed by atoms with Crippen molar-refractivity contribution in [1.29, 1.82) is 0 Å². The average molecular weight is 267 g/mol. The average Bonchev–Trinajstić information content (AvgIpc) is 2.83. The van der Waals surface area contributed by atoms with Crippen LogP contribution in [0.3, 0.4) is 0 Å². The second-order valence-electron chi connectivity index (χ2n) is 4.91. The van der Waals surface area contributed by atoms with E-state index in [1.54, 1.807) is 6.07 Å². The van der Waals surface area contributed by atoms with Crippen molar-refractivity contribution in [3.8, 4) is 0 Å². The molecular formula is C14H21NO4. The van der Waals surface area contributed by atoms with Crippen LogP contribution in [0.1, 0.15) is 41.6 Å². The van der Waals surface area contributed by atoms with Crippen molar-refractivity contribution in [1.82, 2.24) is 4.90 Å². The van der Waals surface area contributed by atoms with Crippen LogP contribution in [0.5, 0.6) is 0 Å². The molecule has 0 radical (unpaired) electrons. The first-order chi connectivity index (χ1) is 9.13. The fourth-order valence-corrected chi connectivity index (χ4v) is 2.42. The Balaban J connectivity index is 2.06. The number of carbonyl (C=O) groups is 1. The van der Waals surface area contributed by atoms with E-state index in [9.17, 15) is 9.90 Å². The molecule has 1 N–H and O–H groups in total. The van der Waals surface area contributed by atoms with Crippen molar-refractivity contribution in [3.63, 3.8) is 0 Å². The van der Waals surface area contributed by atoms with Gasteiger partial charge in [-0.15, -0.1) is 0 Å². The number of hydrogen-bond donors (Lipinski definition) is 1. The maximum atomic E-state index is 11.5. The van der Waals surface area contributed by atoms with E-state index in [1.807, 2.05) is 6.92 Å². The van der Waals surface area contributed by atoms with E-state index in [1.165, 1.54) is 7.11 Å². The van der Waals surface area contributed by atoms with Gasteiger partial charge in [0.05, 0.1) is 13.2 Å². The van der Waals surface area contributed by atoms with E-state index >= 15 is 0 Å². The molecule has 1 saturated heterocycles. The first-order valence-corrected chi connectivity index (χ1v) is 6.74. The Kier molecular flexibility index (Phi) is 4.61. The van der Waals surface area contributed by atoms with Crippen LogP contribution in [0.25, 0.3) is 0 Å². The molecule has 0 bridgehead atoms. The highest BCUT2D eigenvalue weighted by atomic mass is 16.5. The second-order valence-corrected chi connectivity index (χ2v) is 4.91. The van der Waals surface area contributed by atoms with Crippen LogP contribution in [0.4, 0.5) is 0 Å². The number of aliphatic hydroxyl groups is 1. The number of aryl methyl sites for hydroxylation is 1. The van der Waals surface area contributed by atoms with Crippen LogP contribution < -0.4 is 0 Å². The zero-order valence-corrected chi connectivity index (χ0v) is 11.5. The number of piperidine rings is 1. The van der Waals surface area contributed by atoms with Crippen LogP contribution in [0, 0.1) is 0 Å². The first-order valence-electron chi connectivity index (χ1n) is 6.74.